The van der Waals surface area contributed by atoms with Crippen molar-refractivity contribution in [3.8, 4) is 27.9 Å². The van der Waals surface area contributed by atoms with Crippen LogP contribution < -0.4 is 4.90 Å². The maximum atomic E-state index is 2.48. The van der Waals surface area contributed by atoms with Crippen LogP contribution >= 0.6 is 0 Å². The summed E-state index contributed by atoms with van der Waals surface area (Å²) in [5, 5.41) is 4.87. The summed E-state index contributed by atoms with van der Waals surface area (Å²) in [7, 11) is 0. The van der Waals surface area contributed by atoms with Gasteiger partial charge in [0.15, 0.2) is 0 Å². The molecule has 2 heteroatoms. The van der Waals surface area contributed by atoms with Gasteiger partial charge in [0.1, 0.15) is 0 Å². The van der Waals surface area contributed by atoms with E-state index in [1.54, 1.807) is 0 Å². The van der Waals surface area contributed by atoms with Crippen molar-refractivity contribution in [3.05, 3.63) is 265 Å². The van der Waals surface area contributed by atoms with E-state index in [2.05, 4.69) is 252 Å². The molecular formula is C59H40N2. The van der Waals surface area contributed by atoms with Crippen LogP contribution in [0, 0.1) is 0 Å². The van der Waals surface area contributed by atoms with Crippen LogP contribution in [0.1, 0.15) is 22.3 Å². The molecule has 12 rings (SSSR count). The third kappa shape index (κ3) is 5.43. The summed E-state index contributed by atoms with van der Waals surface area (Å²) >= 11 is 0. The van der Waals surface area contributed by atoms with Crippen molar-refractivity contribution < 1.29 is 0 Å². The summed E-state index contributed by atoms with van der Waals surface area (Å²) in [6.45, 7) is 0. The molecule has 1 unspecified atom stereocenters. The fraction of sp³-hybridized carbons (Fsp3) is 0.0169. The number of hydrogen-bond acceptors (Lipinski definition) is 1. The van der Waals surface area contributed by atoms with Crippen molar-refractivity contribution in [1.82, 2.24) is 4.57 Å². The van der Waals surface area contributed by atoms with E-state index in [1.165, 1.54) is 77.1 Å². The first kappa shape index (κ1) is 35.0. The summed E-state index contributed by atoms with van der Waals surface area (Å²) < 4.78 is 2.41. The summed E-state index contributed by atoms with van der Waals surface area (Å²) in [6, 6.07) is 89.2. The summed E-state index contributed by atoms with van der Waals surface area (Å²) in [4.78, 5) is 2.48. The smallest absolute Gasteiger partial charge is 0.0714 e. The Morgan fingerprint density at radius 3 is 1.74 bits per heavy atom. The van der Waals surface area contributed by atoms with Crippen molar-refractivity contribution in [3.63, 3.8) is 0 Å². The van der Waals surface area contributed by atoms with E-state index < -0.39 is 5.41 Å². The van der Waals surface area contributed by atoms with Gasteiger partial charge in [-0.1, -0.05) is 194 Å². The summed E-state index contributed by atoms with van der Waals surface area (Å²) in [5.74, 6) is 0. The van der Waals surface area contributed by atoms with Crippen LogP contribution in [0.3, 0.4) is 0 Å². The molecular weight excluding hydrogens is 737 g/mol. The summed E-state index contributed by atoms with van der Waals surface area (Å²) in [5.41, 5.74) is 16.3. The Labute approximate surface area is 355 Å². The zero-order chi connectivity index (χ0) is 40.3. The maximum absolute atomic E-state index is 2.48. The second kappa shape index (κ2) is 14.1. The molecule has 61 heavy (non-hydrogen) atoms. The summed E-state index contributed by atoms with van der Waals surface area (Å²) in [6.07, 6.45) is 0. The molecule has 10 aromatic carbocycles. The molecule has 0 aliphatic heterocycles. The van der Waals surface area contributed by atoms with Crippen LogP contribution in [0.25, 0.3) is 60.5 Å². The lowest BCUT2D eigenvalue weighted by Crippen LogP contribution is -2.28. The fourth-order valence-electron chi connectivity index (χ4n) is 10.2. The number of para-hydroxylation sites is 2. The van der Waals surface area contributed by atoms with E-state index in [4.69, 9.17) is 0 Å². The lowest BCUT2D eigenvalue weighted by Gasteiger charge is -2.35. The van der Waals surface area contributed by atoms with Crippen LogP contribution in [-0.4, -0.2) is 4.57 Å². The van der Waals surface area contributed by atoms with Crippen molar-refractivity contribution in [1.29, 1.82) is 0 Å². The molecule has 2 nitrogen and oxygen atoms in total. The molecule has 0 saturated heterocycles. The minimum atomic E-state index is -0.563. The second-order valence-electron chi connectivity index (χ2n) is 16.1. The molecule has 0 N–H and O–H groups in total. The van der Waals surface area contributed by atoms with E-state index in [1.807, 2.05) is 0 Å². The molecule has 0 spiro atoms. The molecule has 1 atom stereocenters. The predicted octanol–water partition coefficient (Wildman–Crippen LogP) is 15.4. The molecule has 0 fully saturated rings. The van der Waals surface area contributed by atoms with Gasteiger partial charge in [0.25, 0.3) is 0 Å². The minimum absolute atomic E-state index is 0.563. The molecule has 1 aliphatic carbocycles. The van der Waals surface area contributed by atoms with Gasteiger partial charge in [-0.3, -0.25) is 0 Å². The first-order valence-corrected chi connectivity index (χ1v) is 21.1. The van der Waals surface area contributed by atoms with E-state index >= 15 is 0 Å². The number of rotatable bonds is 7. The SMILES string of the molecule is c1ccc(-c2ccc(C3(c4ccccc4)c4ccccc4-c4ccc(N(c5ccc6c7ccccc7n(-c7ccccc7)c6c5)c5cccc6ccccc56)cc43)cc2)cc1. The Morgan fingerprint density at radius 1 is 0.344 bits per heavy atom. The van der Waals surface area contributed by atoms with Crippen molar-refractivity contribution in [2.75, 3.05) is 4.90 Å². The number of nitrogens with zero attached hydrogens (tertiary/aromatic N) is 2. The van der Waals surface area contributed by atoms with Crippen LogP contribution in [0.5, 0.6) is 0 Å². The molecule has 0 radical (unpaired) electrons. The topological polar surface area (TPSA) is 8.17 Å². The lowest BCUT2D eigenvalue weighted by molar-refractivity contribution is 0.768. The molecule has 11 aromatic rings. The molecule has 0 bridgehead atoms. The van der Waals surface area contributed by atoms with Crippen LogP contribution in [0.15, 0.2) is 243 Å². The molecule has 1 heterocycles. The quantitative estimate of drug-likeness (QED) is 0.156. The Balaban J connectivity index is 1.14. The largest absolute Gasteiger partial charge is 0.310 e. The highest BCUT2D eigenvalue weighted by Gasteiger charge is 2.46. The zero-order valence-corrected chi connectivity index (χ0v) is 33.5. The highest BCUT2D eigenvalue weighted by atomic mass is 15.1. The van der Waals surface area contributed by atoms with Gasteiger partial charge in [-0.15, -0.1) is 0 Å². The third-order valence-electron chi connectivity index (χ3n) is 12.9. The van der Waals surface area contributed by atoms with E-state index in [9.17, 15) is 0 Å². The lowest BCUT2D eigenvalue weighted by atomic mass is 9.67. The highest BCUT2D eigenvalue weighted by molar-refractivity contribution is 6.11. The van der Waals surface area contributed by atoms with Crippen LogP contribution in [-0.2, 0) is 5.41 Å². The Kier molecular flexibility index (Phi) is 8.11. The van der Waals surface area contributed by atoms with Gasteiger partial charge >= 0.3 is 0 Å². The van der Waals surface area contributed by atoms with Crippen molar-refractivity contribution >= 4 is 49.6 Å². The average molecular weight is 777 g/mol. The Hall–Kier alpha value is -7.94. The van der Waals surface area contributed by atoms with Gasteiger partial charge in [0, 0.05) is 33.2 Å². The third-order valence-corrected chi connectivity index (χ3v) is 12.9. The average Bonchev–Trinajstić information content (AvgIpc) is 3.83. The van der Waals surface area contributed by atoms with Gasteiger partial charge in [-0.2, -0.15) is 0 Å². The zero-order valence-electron chi connectivity index (χ0n) is 33.5. The Bertz CT molecular complexity index is 3400. The van der Waals surface area contributed by atoms with E-state index in [0.717, 1.165) is 22.7 Å². The van der Waals surface area contributed by atoms with Crippen LogP contribution in [0.2, 0.25) is 0 Å². The van der Waals surface area contributed by atoms with Crippen LogP contribution in [0.4, 0.5) is 17.1 Å². The second-order valence-corrected chi connectivity index (χ2v) is 16.1. The predicted molar refractivity (Wildman–Crippen MR) is 256 cm³/mol. The van der Waals surface area contributed by atoms with Gasteiger partial charge in [0.05, 0.1) is 22.1 Å². The molecule has 0 saturated carbocycles. The number of anilines is 3. The first-order chi connectivity index (χ1) is 30.3. The van der Waals surface area contributed by atoms with Gasteiger partial charge in [-0.25, -0.2) is 0 Å². The monoisotopic (exact) mass is 776 g/mol. The molecule has 0 amide bonds. The maximum Gasteiger partial charge on any atom is 0.0714 e. The minimum Gasteiger partial charge on any atom is -0.310 e. The van der Waals surface area contributed by atoms with Gasteiger partial charge < -0.3 is 9.47 Å². The van der Waals surface area contributed by atoms with Crippen molar-refractivity contribution in [2.45, 2.75) is 5.41 Å². The molecule has 1 aliphatic rings. The Morgan fingerprint density at radius 2 is 0.918 bits per heavy atom. The normalized spacial score (nSPS) is 14.3. The molecule has 286 valence electrons. The van der Waals surface area contributed by atoms with Crippen molar-refractivity contribution in [2.24, 2.45) is 0 Å². The van der Waals surface area contributed by atoms with E-state index in [0.29, 0.717) is 0 Å². The number of hydrogen-bond donors (Lipinski definition) is 0. The number of benzene rings is 10. The standard InChI is InChI=1S/C59H40N2/c1-4-17-41(18-5-1)42-31-33-45(34-32-42)59(44-21-6-2-7-22-44)54-28-14-12-26-50(54)51-37-35-47(39-55(51)59)60(56-30-16-20-43-19-10-11-25-49(43)56)48-36-38-53-52-27-13-15-29-57(52)61(58(53)40-48)46-23-8-3-9-24-46/h1-40H. The first-order valence-electron chi connectivity index (χ1n) is 21.1. The molecule has 1 aromatic heterocycles. The van der Waals surface area contributed by atoms with E-state index in [-0.39, 0.29) is 0 Å². The fourth-order valence-corrected chi connectivity index (χ4v) is 10.2. The number of fused-ring (bicyclic) bond motifs is 7. The number of aromatic nitrogens is 1. The van der Waals surface area contributed by atoms with Gasteiger partial charge in [0.2, 0.25) is 0 Å². The highest BCUT2D eigenvalue weighted by Crippen LogP contribution is 2.57. The van der Waals surface area contributed by atoms with Gasteiger partial charge in [-0.05, 0) is 98.4 Å².